The molecular formula is C21H24N2O. The molecule has 0 aliphatic rings. The topological polar surface area (TPSA) is 26.9 Å². The zero-order chi connectivity index (χ0) is 17.6. The summed E-state index contributed by atoms with van der Waals surface area (Å²) in [4.78, 5) is 13.0. The number of nitrogens with zero attached hydrogens (tertiary/aromatic N) is 2. The van der Waals surface area contributed by atoms with Crippen molar-refractivity contribution in [3.05, 3.63) is 75.2 Å². The summed E-state index contributed by atoms with van der Waals surface area (Å²) in [7, 11) is 0. The Bertz CT molecular complexity index is 1020. The molecule has 0 atom stereocenters. The first kappa shape index (κ1) is 16.3. The lowest BCUT2D eigenvalue weighted by Crippen LogP contribution is -2.23. The SMILES string of the molecule is C=C(C)n1c(=O)n(Cc2cc(C)ccc2C)c2cc(C)c(C)cc21. The molecule has 0 spiro atoms. The zero-order valence-electron chi connectivity index (χ0n) is 15.1. The van der Waals surface area contributed by atoms with Gasteiger partial charge in [-0.3, -0.25) is 9.13 Å². The van der Waals surface area contributed by atoms with E-state index in [4.69, 9.17) is 0 Å². The molecule has 0 amide bonds. The number of aromatic nitrogens is 2. The van der Waals surface area contributed by atoms with Gasteiger partial charge in [0.1, 0.15) is 0 Å². The lowest BCUT2D eigenvalue weighted by atomic mass is 10.1. The molecule has 3 nitrogen and oxygen atoms in total. The van der Waals surface area contributed by atoms with Crippen molar-refractivity contribution < 1.29 is 0 Å². The summed E-state index contributed by atoms with van der Waals surface area (Å²) >= 11 is 0. The first-order valence-corrected chi connectivity index (χ1v) is 8.24. The van der Waals surface area contributed by atoms with Crippen LogP contribution >= 0.6 is 0 Å². The minimum atomic E-state index is -0.0246. The Morgan fingerprint density at radius 2 is 1.58 bits per heavy atom. The molecular weight excluding hydrogens is 296 g/mol. The fraction of sp³-hybridized carbons (Fsp3) is 0.286. The van der Waals surface area contributed by atoms with Gasteiger partial charge in [-0.15, -0.1) is 0 Å². The van der Waals surface area contributed by atoms with Crippen LogP contribution in [0, 0.1) is 27.7 Å². The van der Waals surface area contributed by atoms with Gasteiger partial charge in [0, 0.05) is 5.70 Å². The van der Waals surface area contributed by atoms with E-state index in [9.17, 15) is 4.79 Å². The van der Waals surface area contributed by atoms with Gasteiger partial charge >= 0.3 is 5.69 Å². The third kappa shape index (κ3) is 2.60. The Balaban J connectivity index is 2.30. The van der Waals surface area contributed by atoms with Crippen molar-refractivity contribution in [3.8, 4) is 0 Å². The fourth-order valence-corrected chi connectivity index (χ4v) is 3.17. The van der Waals surface area contributed by atoms with Crippen molar-refractivity contribution >= 4 is 16.7 Å². The van der Waals surface area contributed by atoms with E-state index >= 15 is 0 Å². The highest BCUT2D eigenvalue weighted by molar-refractivity contribution is 5.81. The van der Waals surface area contributed by atoms with E-state index in [1.54, 1.807) is 4.57 Å². The number of rotatable bonds is 3. The maximum absolute atomic E-state index is 13.0. The number of hydrogen-bond acceptors (Lipinski definition) is 1. The molecule has 1 heterocycles. The van der Waals surface area contributed by atoms with E-state index in [-0.39, 0.29) is 5.69 Å². The molecule has 0 aliphatic heterocycles. The Morgan fingerprint density at radius 1 is 0.958 bits per heavy atom. The van der Waals surface area contributed by atoms with Gasteiger partial charge < -0.3 is 0 Å². The van der Waals surface area contributed by atoms with Crippen LogP contribution in [0.3, 0.4) is 0 Å². The van der Waals surface area contributed by atoms with Crippen LogP contribution < -0.4 is 5.69 Å². The number of aryl methyl sites for hydroxylation is 4. The van der Waals surface area contributed by atoms with E-state index in [2.05, 4.69) is 64.6 Å². The van der Waals surface area contributed by atoms with Gasteiger partial charge in [-0.2, -0.15) is 0 Å². The Labute approximate surface area is 142 Å². The van der Waals surface area contributed by atoms with E-state index in [1.807, 2.05) is 11.5 Å². The number of fused-ring (bicyclic) bond motifs is 1. The largest absolute Gasteiger partial charge is 0.333 e. The number of allylic oxidation sites excluding steroid dienone is 1. The Morgan fingerprint density at radius 3 is 2.21 bits per heavy atom. The van der Waals surface area contributed by atoms with E-state index in [0.717, 1.165) is 16.7 Å². The summed E-state index contributed by atoms with van der Waals surface area (Å²) < 4.78 is 3.57. The molecule has 3 aromatic rings. The smallest absolute Gasteiger partial charge is 0.287 e. The van der Waals surface area contributed by atoms with Crippen molar-refractivity contribution in [2.45, 2.75) is 41.2 Å². The van der Waals surface area contributed by atoms with Crippen LogP contribution in [0.1, 0.15) is 34.7 Å². The molecule has 3 heteroatoms. The molecule has 0 saturated carbocycles. The highest BCUT2D eigenvalue weighted by Crippen LogP contribution is 2.22. The molecule has 24 heavy (non-hydrogen) atoms. The van der Waals surface area contributed by atoms with Gasteiger partial charge in [0.2, 0.25) is 0 Å². The highest BCUT2D eigenvalue weighted by Gasteiger charge is 2.16. The molecule has 0 fully saturated rings. The van der Waals surface area contributed by atoms with Crippen LogP contribution in [0.15, 0.2) is 41.7 Å². The second-order valence-corrected chi connectivity index (χ2v) is 6.79. The molecule has 0 saturated heterocycles. The van der Waals surface area contributed by atoms with Crippen molar-refractivity contribution in [1.82, 2.24) is 9.13 Å². The van der Waals surface area contributed by atoms with Crippen molar-refractivity contribution in [3.63, 3.8) is 0 Å². The third-order valence-corrected chi connectivity index (χ3v) is 4.76. The van der Waals surface area contributed by atoms with Crippen LogP contribution in [-0.2, 0) is 6.54 Å². The van der Waals surface area contributed by atoms with Crippen LogP contribution in [0.4, 0.5) is 0 Å². The lowest BCUT2D eigenvalue weighted by Gasteiger charge is -2.09. The standard InChI is InChI=1S/C21H24N2O/c1-13(2)23-20-11-17(6)16(5)10-19(20)22(21(23)24)12-18-9-14(3)7-8-15(18)4/h7-11H,1,12H2,2-6H3. The lowest BCUT2D eigenvalue weighted by molar-refractivity contribution is 0.761. The Kier molecular flexibility index (Phi) is 3.96. The predicted molar refractivity (Wildman–Crippen MR) is 102 cm³/mol. The predicted octanol–water partition coefficient (Wildman–Crippen LogP) is 4.58. The summed E-state index contributed by atoms with van der Waals surface area (Å²) in [6.07, 6.45) is 0. The zero-order valence-corrected chi connectivity index (χ0v) is 15.1. The van der Waals surface area contributed by atoms with Gasteiger partial charge in [0.25, 0.3) is 0 Å². The van der Waals surface area contributed by atoms with Gasteiger partial charge in [-0.25, -0.2) is 4.79 Å². The normalized spacial score (nSPS) is 11.2. The number of hydrogen-bond donors (Lipinski definition) is 0. The van der Waals surface area contributed by atoms with E-state index in [1.165, 1.54) is 27.8 Å². The van der Waals surface area contributed by atoms with Crippen molar-refractivity contribution in [2.24, 2.45) is 0 Å². The molecule has 0 bridgehead atoms. The van der Waals surface area contributed by atoms with Gasteiger partial charge in [0.15, 0.2) is 0 Å². The minimum absolute atomic E-state index is 0.0246. The summed E-state index contributed by atoms with van der Waals surface area (Å²) in [5.41, 5.74) is 8.57. The second kappa shape index (κ2) is 5.82. The molecule has 0 aliphatic carbocycles. The minimum Gasteiger partial charge on any atom is -0.287 e. The highest BCUT2D eigenvalue weighted by atomic mass is 16.1. The molecule has 0 unspecified atom stereocenters. The fourth-order valence-electron chi connectivity index (χ4n) is 3.17. The quantitative estimate of drug-likeness (QED) is 0.694. The molecule has 0 radical (unpaired) electrons. The first-order valence-electron chi connectivity index (χ1n) is 8.24. The average Bonchev–Trinajstić information content (AvgIpc) is 2.76. The van der Waals surface area contributed by atoms with Crippen molar-refractivity contribution in [1.29, 1.82) is 0 Å². The second-order valence-electron chi connectivity index (χ2n) is 6.79. The maximum atomic E-state index is 13.0. The Hall–Kier alpha value is -2.55. The molecule has 2 aromatic carbocycles. The molecule has 124 valence electrons. The summed E-state index contributed by atoms with van der Waals surface area (Å²) in [6, 6.07) is 10.6. The first-order chi connectivity index (χ1) is 11.3. The average molecular weight is 320 g/mol. The monoisotopic (exact) mass is 320 g/mol. The molecule has 0 N–H and O–H groups in total. The van der Waals surface area contributed by atoms with Crippen LogP contribution in [0.25, 0.3) is 16.7 Å². The van der Waals surface area contributed by atoms with Gasteiger partial charge in [0.05, 0.1) is 17.6 Å². The third-order valence-electron chi connectivity index (χ3n) is 4.76. The van der Waals surface area contributed by atoms with Gasteiger partial charge in [-0.1, -0.05) is 30.3 Å². The van der Waals surface area contributed by atoms with Crippen LogP contribution in [0.2, 0.25) is 0 Å². The van der Waals surface area contributed by atoms with E-state index < -0.39 is 0 Å². The summed E-state index contributed by atoms with van der Waals surface area (Å²) in [5.74, 6) is 0. The van der Waals surface area contributed by atoms with Crippen molar-refractivity contribution in [2.75, 3.05) is 0 Å². The van der Waals surface area contributed by atoms with E-state index in [0.29, 0.717) is 6.54 Å². The molecule has 3 rings (SSSR count). The van der Waals surface area contributed by atoms with Crippen LogP contribution in [-0.4, -0.2) is 9.13 Å². The number of benzene rings is 2. The van der Waals surface area contributed by atoms with Gasteiger partial charge in [-0.05, 0) is 69.0 Å². The van der Waals surface area contributed by atoms with Crippen LogP contribution in [0.5, 0.6) is 0 Å². The summed E-state index contributed by atoms with van der Waals surface area (Å²) in [5, 5.41) is 0. The maximum Gasteiger partial charge on any atom is 0.333 e. The number of imidazole rings is 1. The molecule has 1 aromatic heterocycles. The summed E-state index contributed by atoms with van der Waals surface area (Å²) in [6.45, 7) is 14.8.